The molecule has 4 heteroatoms. The second-order valence-electron chi connectivity index (χ2n) is 3.61. The van der Waals surface area contributed by atoms with Gasteiger partial charge in [-0.05, 0) is 40.5 Å². The van der Waals surface area contributed by atoms with Gasteiger partial charge in [-0.1, -0.05) is 0 Å². The van der Waals surface area contributed by atoms with Crippen molar-refractivity contribution in [3.05, 3.63) is 27.7 Å². The molecule has 1 heterocycles. The highest BCUT2D eigenvalue weighted by atomic mass is 79.9. The van der Waals surface area contributed by atoms with Gasteiger partial charge in [0.2, 0.25) is 0 Å². The van der Waals surface area contributed by atoms with Crippen LogP contribution in [-0.2, 0) is 6.54 Å². The lowest BCUT2D eigenvalue weighted by Gasteiger charge is -2.25. The van der Waals surface area contributed by atoms with E-state index >= 15 is 0 Å². The topological polar surface area (TPSA) is 30.3 Å². The molecular formula is C11H12BrN3. The van der Waals surface area contributed by atoms with Gasteiger partial charge in [-0.3, -0.25) is 0 Å². The Kier molecular flexibility index (Phi) is 2.68. The summed E-state index contributed by atoms with van der Waals surface area (Å²) in [7, 11) is 2.06. The first-order valence-electron chi connectivity index (χ1n) is 4.88. The van der Waals surface area contributed by atoms with E-state index in [1.54, 1.807) is 0 Å². The molecule has 0 saturated heterocycles. The molecule has 2 rings (SSSR count). The summed E-state index contributed by atoms with van der Waals surface area (Å²) in [5.41, 5.74) is 3.12. The van der Waals surface area contributed by atoms with Gasteiger partial charge in [0, 0.05) is 24.6 Å². The van der Waals surface area contributed by atoms with Gasteiger partial charge < -0.3 is 5.01 Å². The predicted octanol–water partition coefficient (Wildman–Crippen LogP) is 2.51. The predicted molar refractivity (Wildman–Crippen MR) is 63.3 cm³/mol. The minimum absolute atomic E-state index is 0.715. The summed E-state index contributed by atoms with van der Waals surface area (Å²) >= 11 is 3.53. The molecule has 0 unspecified atom stereocenters. The van der Waals surface area contributed by atoms with Gasteiger partial charge >= 0.3 is 0 Å². The number of hydrogen-bond acceptors (Lipinski definition) is 3. The zero-order chi connectivity index (χ0) is 11.0. The molecule has 78 valence electrons. The number of anilines is 1. The number of nitrogens with zero attached hydrogens (tertiary/aromatic N) is 3. The minimum atomic E-state index is 0.715. The number of rotatable bonds is 1. The minimum Gasteiger partial charge on any atom is -0.305 e. The number of benzene rings is 1. The second kappa shape index (κ2) is 3.84. The SMILES string of the molecule is CCN1c2c(Br)cc(C#N)cc2CN1C. The molecule has 1 aliphatic heterocycles. The van der Waals surface area contributed by atoms with E-state index < -0.39 is 0 Å². The van der Waals surface area contributed by atoms with E-state index in [0.717, 1.165) is 17.6 Å². The lowest BCUT2D eigenvalue weighted by molar-refractivity contribution is 0.328. The number of hydrogen-bond donors (Lipinski definition) is 0. The third-order valence-electron chi connectivity index (χ3n) is 2.64. The molecule has 15 heavy (non-hydrogen) atoms. The van der Waals surface area contributed by atoms with Crippen molar-refractivity contribution in [2.24, 2.45) is 0 Å². The molecule has 0 spiro atoms. The van der Waals surface area contributed by atoms with Crippen molar-refractivity contribution >= 4 is 21.6 Å². The van der Waals surface area contributed by atoms with E-state index in [2.05, 4.69) is 46.0 Å². The summed E-state index contributed by atoms with van der Waals surface area (Å²) < 4.78 is 1.00. The molecule has 0 aromatic heterocycles. The Bertz CT molecular complexity index is 436. The van der Waals surface area contributed by atoms with Crippen molar-refractivity contribution in [1.29, 1.82) is 5.26 Å². The van der Waals surface area contributed by atoms with Crippen molar-refractivity contribution < 1.29 is 0 Å². The number of nitriles is 1. The summed E-state index contributed by atoms with van der Waals surface area (Å²) in [5.74, 6) is 0. The summed E-state index contributed by atoms with van der Waals surface area (Å²) in [6.07, 6.45) is 0. The molecule has 3 nitrogen and oxygen atoms in total. The van der Waals surface area contributed by atoms with Crippen LogP contribution in [0.2, 0.25) is 0 Å². The summed E-state index contributed by atoms with van der Waals surface area (Å²) in [4.78, 5) is 0. The molecule has 1 aromatic rings. The average molecular weight is 266 g/mol. The monoisotopic (exact) mass is 265 g/mol. The van der Waals surface area contributed by atoms with Crippen LogP contribution in [-0.4, -0.2) is 18.6 Å². The Labute approximate surface area is 98.0 Å². The fraction of sp³-hybridized carbons (Fsp3) is 0.364. The highest BCUT2D eigenvalue weighted by molar-refractivity contribution is 9.10. The van der Waals surface area contributed by atoms with E-state index in [4.69, 9.17) is 5.26 Å². The van der Waals surface area contributed by atoms with Crippen LogP contribution in [0, 0.1) is 11.3 Å². The van der Waals surface area contributed by atoms with Gasteiger partial charge in [-0.25, -0.2) is 5.01 Å². The van der Waals surface area contributed by atoms with E-state index in [1.165, 1.54) is 11.3 Å². The Morgan fingerprint density at radius 3 is 2.87 bits per heavy atom. The first-order chi connectivity index (χ1) is 7.17. The quantitative estimate of drug-likeness (QED) is 0.782. The second-order valence-corrected chi connectivity index (χ2v) is 4.46. The van der Waals surface area contributed by atoms with Crippen molar-refractivity contribution in [1.82, 2.24) is 5.01 Å². The molecule has 0 amide bonds. The van der Waals surface area contributed by atoms with Crippen molar-refractivity contribution in [2.45, 2.75) is 13.5 Å². The zero-order valence-electron chi connectivity index (χ0n) is 8.79. The largest absolute Gasteiger partial charge is 0.305 e. The molecule has 0 aliphatic carbocycles. The van der Waals surface area contributed by atoms with Gasteiger partial charge in [-0.2, -0.15) is 5.26 Å². The fourth-order valence-corrected chi connectivity index (χ4v) is 2.74. The van der Waals surface area contributed by atoms with Gasteiger partial charge in [0.1, 0.15) is 0 Å². The molecule has 0 bridgehead atoms. The normalized spacial score (nSPS) is 15.2. The van der Waals surface area contributed by atoms with Crippen LogP contribution in [0.5, 0.6) is 0 Å². The van der Waals surface area contributed by atoms with Crippen LogP contribution in [0.15, 0.2) is 16.6 Å². The number of halogens is 1. The van der Waals surface area contributed by atoms with Gasteiger partial charge in [0.25, 0.3) is 0 Å². The summed E-state index contributed by atoms with van der Waals surface area (Å²) in [5, 5.41) is 13.3. The molecule has 0 N–H and O–H groups in total. The van der Waals surface area contributed by atoms with Gasteiger partial charge in [0.15, 0.2) is 0 Å². The van der Waals surface area contributed by atoms with Crippen LogP contribution < -0.4 is 5.01 Å². The molecule has 1 aromatic carbocycles. The van der Waals surface area contributed by atoms with Crippen LogP contribution in [0.3, 0.4) is 0 Å². The molecule has 0 radical (unpaired) electrons. The maximum absolute atomic E-state index is 8.88. The van der Waals surface area contributed by atoms with Crippen LogP contribution in [0.4, 0.5) is 5.69 Å². The highest BCUT2D eigenvalue weighted by Gasteiger charge is 2.25. The molecule has 0 saturated carbocycles. The average Bonchev–Trinajstić information content (AvgIpc) is 2.53. The lowest BCUT2D eigenvalue weighted by atomic mass is 10.1. The third kappa shape index (κ3) is 1.62. The summed E-state index contributed by atoms with van der Waals surface area (Å²) in [6.45, 7) is 3.93. The summed E-state index contributed by atoms with van der Waals surface area (Å²) in [6, 6.07) is 6.02. The first kappa shape index (κ1) is 10.5. The first-order valence-corrected chi connectivity index (χ1v) is 5.67. The maximum Gasteiger partial charge on any atom is 0.0992 e. The van der Waals surface area contributed by atoms with Crippen molar-refractivity contribution in [3.63, 3.8) is 0 Å². The van der Waals surface area contributed by atoms with Crippen molar-refractivity contribution in [3.8, 4) is 6.07 Å². The van der Waals surface area contributed by atoms with E-state index in [1.807, 2.05) is 12.1 Å². The number of fused-ring (bicyclic) bond motifs is 1. The van der Waals surface area contributed by atoms with Crippen LogP contribution in [0.1, 0.15) is 18.1 Å². The Balaban J connectivity index is 2.55. The zero-order valence-corrected chi connectivity index (χ0v) is 10.4. The van der Waals surface area contributed by atoms with E-state index in [0.29, 0.717) is 5.56 Å². The number of hydrazine groups is 1. The standard InChI is InChI=1S/C11H12BrN3/c1-3-15-11-9(7-14(15)2)4-8(6-13)5-10(11)12/h4-5H,3,7H2,1-2H3. The molecular weight excluding hydrogens is 254 g/mol. The van der Waals surface area contributed by atoms with Gasteiger partial charge in [-0.15, -0.1) is 0 Å². The van der Waals surface area contributed by atoms with E-state index in [9.17, 15) is 0 Å². The lowest BCUT2D eigenvalue weighted by Crippen LogP contribution is -2.33. The third-order valence-corrected chi connectivity index (χ3v) is 3.24. The fourth-order valence-electron chi connectivity index (χ4n) is 2.03. The van der Waals surface area contributed by atoms with E-state index in [-0.39, 0.29) is 0 Å². The van der Waals surface area contributed by atoms with Gasteiger partial charge in [0.05, 0.1) is 17.3 Å². The Morgan fingerprint density at radius 2 is 2.27 bits per heavy atom. The van der Waals surface area contributed by atoms with Crippen molar-refractivity contribution in [2.75, 3.05) is 18.6 Å². The van der Waals surface area contributed by atoms with Crippen LogP contribution >= 0.6 is 15.9 Å². The maximum atomic E-state index is 8.88. The van der Waals surface area contributed by atoms with Crippen LogP contribution in [0.25, 0.3) is 0 Å². The smallest absolute Gasteiger partial charge is 0.0992 e. The molecule has 0 fully saturated rings. The highest BCUT2D eigenvalue weighted by Crippen LogP contribution is 2.37. The molecule has 0 atom stereocenters. The Hall–Kier alpha value is -1.05. The molecule has 1 aliphatic rings. The Morgan fingerprint density at radius 1 is 1.53 bits per heavy atom.